The maximum atomic E-state index is 13.2. The van der Waals surface area contributed by atoms with Gasteiger partial charge in [0.25, 0.3) is 11.5 Å². The van der Waals surface area contributed by atoms with Crippen molar-refractivity contribution in [1.82, 2.24) is 15.0 Å². The minimum absolute atomic E-state index is 0.199. The van der Waals surface area contributed by atoms with Gasteiger partial charge >= 0.3 is 0 Å². The molecule has 0 spiro atoms. The third kappa shape index (κ3) is 5.41. The highest BCUT2D eigenvalue weighted by atomic mass is 32.1. The zero-order chi connectivity index (χ0) is 24.8. The van der Waals surface area contributed by atoms with Crippen LogP contribution in [0.15, 0.2) is 64.8 Å². The highest BCUT2D eigenvalue weighted by molar-refractivity contribution is 7.19. The molecule has 0 atom stereocenters. The number of rotatable bonds is 9. The van der Waals surface area contributed by atoms with Crippen LogP contribution in [0.5, 0.6) is 11.5 Å². The Labute approximate surface area is 206 Å². The third-order valence-corrected chi connectivity index (χ3v) is 6.21. The highest BCUT2D eigenvalue weighted by Crippen LogP contribution is 2.35. The number of hydrazone groups is 1. The fraction of sp³-hybridized carbons (Fsp3) is 0.231. The van der Waals surface area contributed by atoms with E-state index >= 15 is 0 Å². The standard InChI is InChI=1S/C26H26N4O4S/c1-4-33-20-12-11-18(13-21(20)34-5-2)14-28-29-22(31)15-30-16-27-25-24(26(30)32)23(17(3)35-25)19-9-7-6-8-10-19/h6-14,16H,4-5,15H2,1-3H3,(H,29,31)/b28-14+. The second-order valence-electron chi connectivity index (χ2n) is 7.62. The molecule has 9 heteroatoms. The lowest BCUT2D eigenvalue weighted by Gasteiger charge is -2.11. The van der Waals surface area contributed by atoms with Gasteiger partial charge in [-0.3, -0.25) is 14.2 Å². The van der Waals surface area contributed by atoms with Gasteiger partial charge in [0.15, 0.2) is 11.5 Å². The number of nitrogens with zero attached hydrogens (tertiary/aromatic N) is 3. The molecule has 8 nitrogen and oxygen atoms in total. The molecule has 1 amide bonds. The molecule has 0 saturated heterocycles. The van der Waals surface area contributed by atoms with Gasteiger partial charge in [-0.15, -0.1) is 11.3 Å². The summed E-state index contributed by atoms with van der Waals surface area (Å²) in [6.07, 6.45) is 2.91. The molecule has 1 N–H and O–H groups in total. The first-order valence-electron chi connectivity index (χ1n) is 11.3. The zero-order valence-electron chi connectivity index (χ0n) is 19.8. The predicted octanol–water partition coefficient (Wildman–Crippen LogP) is 4.38. The monoisotopic (exact) mass is 490 g/mol. The van der Waals surface area contributed by atoms with E-state index in [1.54, 1.807) is 12.1 Å². The number of amides is 1. The van der Waals surface area contributed by atoms with Crippen LogP contribution in [0.3, 0.4) is 0 Å². The largest absolute Gasteiger partial charge is 0.490 e. The van der Waals surface area contributed by atoms with E-state index in [0.717, 1.165) is 21.6 Å². The lowest BCUT2D eigenvalue weighted by Crippen LogP contribution is -2.30. The average Bonchev–Trinajstić information content (AvgIpc) is 3.20. The second-order valence-corrected chi connectivity index (χ2v) is 8.83. The fourth-order valence-corrected chi connectivity index (χ4v) is 4.72. The number of benzene rings is 2. The van der Waals surface area contributed by atoms with Gasteiger partial charge in [0.2, 0.25) is 0 Å². The number of carbonyl (C=O) groups excluding carboxylic acids is 1. The van der Waals surface area contributed by atoms with Crippen LogP contribution in [0.1, 0.15) is 24.3 Å². The van der Waals surface area contributed by atoms with Gasteiger partial charge in [-0.05, 0) is 50.1 Å². The van der Waals surface area contributed by atoms with Crippen molar-refractivity contribution in [1.29, 1.82) is 0 Å². The molecule has 0 unspecified atom stereocenters. The topological polar surface area (TPSA) is 94.8 Å². The number of thiophene rings is 1. The van der Waals surface area contributed by atoms with Crippen molar-refractivity contribution in [3.8, 4) is 22.6 Å². The molecule has 2 aromatic carbocycles. The van der Waals surface area contributed by atoms with Crippen molar-refractivity contribution in [3.05, 3.63) is 75.7 Å². The van der Waals surface area contributed by atoms with Crippen molar-refractivity contribution < 1.29 is 14.3 Å². The lowest BCUT2D eigenvalue weighted by atomic mass is 10.0. The van der Waals surface area contributed by atoms with Crippen molar-refractivity contribution in [2.45, 2.75) is 27.3 Å². The SMILES string of the molecule is CCOc1ccc(/C=N/NC(=O)Cn2cnc3sc(C)c(-c4ccccc4)c3c2=O)cc1OCC. The summed E-state index contributed by atoms with van der Waals surface area (Å²) in [4.78, 5) is 31.8. The predicted molar refractivity (Wildman–Crippen MR) is 139 cm³/mol. The lowest BCUT2D eigenvalue weighted by molar-refractivity contribution is -0.121. The smallest absolute Gasteiger partial charge is 0.263 e. The summed E-state index contributed by atoms with van der Waals surface area (Å²) in [5.74, 6) is 0.820. The molecule has 0 saturated carbocycles. The summed E-state index contributed by atoms with van der Waals surface area (Å²) >= 11 is 1.47. The van der Waals surface area contributed by atoms with E-state index in [4.69, 9.17) is 9.47 Å². The van der Waals surface area contributed by atoms with E-state index < -0.39 is 5.91 Å². The molecule has 0 fully saturated rings. The fourth-order valence-electron chi connectivity index (χ4n) is 3.72. The van der Waals surface area contributed by atoms with Crippen LogP contribution < -0.4 is 20.5 Å². The molecule has 2 aromatic heterocycles. The van der Waals surface area contributed by atoms with Crippen LogP contribution in [0, 0.1) is 6.92 Å². The zero-order valence-corrected chi connectivity index (χ0v) is 20.6. The minimum Gasteiger partial charge on any atom is -0.490 e. The minimum atomic E-state index is -0.436. The number of hydrogen-bond donors (Lipinski definition) is 1. The molecular weight excluding hydrogens is 464 g/mol. The van der Waals surface area contributed by atoms with Crippen LogP contribution in [0.2, 0.25) is 0 Å². The molecule has 0 radical (unpaired) electrons. The highest BCUT2D eigenvalue weighted by Gasteiger charge is 2.17. The molecule has 4 aromatic rings. The first kappa shape index (κ1) is 24.2. The second kappa shape index (κ2) is 11.0. The Hall–Kier alpha value is -3.98. The van der Waals surface area contributed by atoms with Crippen LogP contribution in [-0.2, 0) is 11.3 Å². The van der Waals surface area contributed by atoms with Gasteiger partial charge in [0, 0.05) is 10.4 Å². The Balaban J connectivity index is 1.51. The molecule has 0 aliphatic rings. The van der Waals surface area contributed by atoms with Gasteiger partial charge in [0.05, 0.1) is 31.1 Å². The summed E-state index contributed by atoms with van der Waals surface area (Å²) < 4.78 is 12.5. The van der Waals surface area contributed by atoms with E-state index in [9.17, 15) is 9.59 Å². The normalized spacial score (nSPS) is 11.2. The van der Waals surface area contributed by atoms with E-state index in [1.807, 2.05) is 57.2 Å². The third-order valence-electron chi connectivity index (χ3n) is 5.20. The maximum absolute atomic E-state index is 13.2. The summed E-state index contributed by atoms with van der Waals surface area (Å²) in [5.41, 5.74) is 4.75. The summed E-state index contributed by atoms with van der Waals surface area (Å²) in [5, 5.41) is 4.54. The van der Waals surface area contributed by atoms with Crippen LogP contribution >= 0.6 is 11.3 Å². The summed E-state index contributed by atoms with van der Waals surface area (Å²) in [6.45, 7) is 6.60. The molecule has 0 bridgehead atoms. The number of fused-ring (bicyclic) bond motifs is 1. The van der Waals surface area contributed by atoms with Crippen molar-refractivity contribution >= 4 is 33.7 Å². The quantitative estimate of drug-likeness (QED) is 0.278. The van der Waals surface area contributed by atoms with Gasteiger partial charge in [-0.25, -0.2) is 10.4 Å². The molecule has 35 heavy (non-hydrogen) atoms. The summed E-state index contributed by atoms with van der Waals surface area (Å²) in [7, 11) is 0. The molecular formula is C26H26N4O4S. The van der Waals surface area contributed by atoms with Crippen LogP contribution in [0.4, 0.5) is 0 Å². The van der Waals surface area contributed by atoms with E-state index in [1.165, 1.54) is 28.4 Å². The average molecular weight is 491 g/mol. The summed E-state index contributed by atoms with van der Waals surface area (Å²) in [6, 6.07) is 15.1. The van der Waals surface area contributed by atoms with Gasteiger partial charge in [-0.2, -0.15) is 5.10 Å². The first-order valence-corrected chi connectivity index (χ1v) is 12.1. The Morgan fingerprint density at radius 3 is 2.60 bits per heavy atom. The maximum Gasteiger partial charge on any atom is 0.263 e. The number of hydrogen-bond acceptors (Lipinski definition) is 7. The van der Waals surface area contributed by atoms with Crippen LogP contribution in [-0.4, -0.2) is 34.9 Å². The molecule has 180 valence electrons. The number of aromatic nitrogens is 2. The Morgan fingerprint density at radius 2 is 1.86 bits per heavy atom. The van der Waals surface area contributed by atoms with Crippen molar-refractivity contribution in [3.63, 3.8) is 0 Å². The molecule has 0 aliphatic heterocycles. The van der Waals surface area contributed by atoms with Crippen LogP contribution in [0.25, 0.3) is 21.3 Å². The molecule has 4 rings (SSSR count). The Kier molecular flexibility index (Phi) is 7.57. The Morgan fingerprint density at radius 1 is 1.11 bits per heavy atom. The van der Waals surface area contributed by atoms with Gasteiger partial charge < -0.3 is 9.47 Å². The number of aryl methyl sites for hydroxylation is 1. The number of ether oxygens (including phenoxy) is 2. The number of carbonyl (C=O) groups is 1. The molecule has 2 heterocycles. The first-order chi connectivity index (χ1) is 17.0. The van der Waals surface area contributed by atoms with E-state index in [0.29, 0.717) is 34.9 Å². The van der Waals surface area contributed by atoms with Gasteiger partial charge in [0.1, 0.15) is 11.4 Å². The van der Waals surface area contributed by atoms with Crippen molar-refractivity contribution in [2.24, 2.45) is 5.10 Å². The van der Waals surface area contributed by atoms with E-state index in [-0.39, 0.29) is 12.1 Å². The number of nitrogens with one attached hydrogen (secondary N) is 1. The van der Waals surface area contributed by atoms with Crippen molar-refractivity contribution in [2.75, 3.05) is 13.2 Å². The Bertz CT molecular complexity index is 1430. The van der Waals surface area contributed by atoms with E-state index in [2.05, 4.69) is 15.5 Å². The molecule has 0 aliphatic carbocycles. The van der Waals surface area contributed by atoms with Gasteiger partial charge in [-0.1, -0.05) is 30.3 Å².